The van der Waals surface area contributed by atoms with Gasteiger partial charge in [-0.05, 0) is 24.5 Å². The third-order valence-electron chi connectivity index (χ3n) is 6.56. The third kappa shape index (κ3) is 3.79. The van der Waals surface area contributed by atoms with Crippen molar-refractivity contribution in [2.75, 3.05) is 56.3 Å². The van der Waals surface area contributed by atoms with Crippen molar-refractivity contribution in [1.82, 2.24) is 10.2 Å². The first-order chi connectivity index (χ1) is 13.7. The van der Waals surface area contributed by atoms with Crippen LogP contribution in [0.15, 0.2) is 18.2 Å². The highest BCUT2D eigenvalue weighted by atomic mass is 16.6. The predicted octanol–water partition coefficient (Wildman–Crippen LogP) is 3.38. The number of anilines is 2. The highest BCUT2D eigenvalue weighted by Crippen LogP contribution is 2.50. The van der Waals surface area contributed by atoms with Crippen LogP contribution >= 0.6 is 0 Å². The highest BCUT2D eigenvalue weighted by Gasteiger charge is 2.44. The van der Waals surface area contributed by atoms with Gasteiger partial charge in [0.15, 0.2) is 0 Å². The lowest BCUT2D eigenvalue weighted by Gasteiger charge is -2.41. The van der Waals surface area contributed by atoms with E-state index in [9.17, 15) is 4.79 Å². The lowest BCUT2D eigenvalue weighted by atomic mass is 9.89. The molecule has 0 bridgehead atoms. The number of alkyl carbamates (subject to hydrolysis) is 1. The quantitative estimate of drug-likeness (QED) is 0.728. The monoisotopic (exact) mass is 386 g/mol. The van der Waals surface area contributed by atoms with Crippen molar-refractivity contribution in [3.63, 3.8) is 0 Å². The molecular weight excluding hydrogens is 352 g/mol. The van der Waals surface area contributed by atoms with E-state index in [1.54, 1.807) is 0 Å². The minimum Gasteiger partial charge on any atom is -0.433 e. The maximum Gasteiger partial charge on any atom is 0.408 e. The van der Waals surface area contributed by atoms with Gasteiger partial charge in [-0.15, -0.1) is 0 Å². The number of ether oxygens (including phenoxy) is 1. The summed E-state index contributed by atoms with van der Waals surface area (Å²) in [6.07, 6.45) is 5.47. The molecule has 0 aliphatic carbocycles. The number of piperidine rings is 1. The number of likely N-dealkylation sites (N-methyl/N-ethyl adjacent to an activating group) is 1. The maximum atomic E-state index is 12.0. The van der Waals surface area contributed by atoms with Crippen LogP contribution in [0.4, 0.5) is 16.2 Å². The van der Waals surface area contributed by atoms with Crippen LogP contribution in [-0.2, 0) is 4.74 Å². The molecule has 1 amide bonds. The molecular formula is C22H34N4O2. The molecule has 1 N–H and O–H groups in total. The average Bonchev–Trinajstić information content (AvgIpc) is 3.03. The molecule has 1 aromatic rings. The van der Waals surface area contributed by atoms with Crippen LogP contribution in [0.1, 0.15) is 50.5 Å². The molecule has 3 aliphatic rings. The second-order valence-corrected chi connectivity index (χ2v) is 8.42. The zero-order chi connectivity index (χ0) is 19.5. The van der Waals surface area contributed by atoms with Crippen molar-refractivity contribution < 1.29 is 9.53 Å². The number of hydrogen-bond acceptors (Lipinski definition) is 5. The van der Waals surface area contributed by atoms with Crippen molar-refractivity contribution in [3.8, 4) is 0 Å². The first-order valence-electron chi connectivity index (χ1n) is 10.9. The second-order valence-electron chi connectivity index (χ2n) is 8.42. The molecule has 2 atom stereocenters. The van der Waals surface area contributed by atoms with Gasteiger partial charge in [0.05, 0.1) is 11.4 Å². The summed E-state index contributed by atoms with van der Waals surface area (Å²) in [5, 5.41) is 2.88. The van der Waals surface area contributed by atoms with Crippen molar-refractivity contribution in [2.45, 2.75) is 51.0 Å². The molecule has 3 heterocycles. The van der Waals surface area contributed by atoms with Gasteiger partial charge < -0.3 is 19.9 Å². The van der Waals surface area contributed by atoms with Crippen LogP contribution in [0.2, 0.25) is 0 Å². The molecule has 2 unspecified atom stereocenters. The summed E-state index contributed by atoms with van der Waals surface area (Å²) >= 11 is 0. The Morgan fingerprint density at radius 1 is 1.21 bits per heavy atom. The van der Waals surface area contributed by atoms with Crippen LogP contribution in [0, 0.1) is 0 Å². The first-order valence-corrected chi connectivity index (χ1v) is 10.9. The van der Waals surface area contributed by atoms with Crippen LogP contribution < -0.4 is 15.1 Å². The van der Waals surface area contributed by atoms with Gasteiger partial charge in [0, 0.05) is 51.7 Å². The smallest absolute Gasteiger partial charge is 0.408 e. The fraction of sp³-hybridized carbons (Fsp3) is 0.682. The number of nitrogens with one attached hydrogen (secondary N) is 1. The van der Waals surface area contributed by atoms with E-state index in [0.717, 1.165) is 39.0 Å². The number of benzene rings is 1. The summed E-state index contributed by atoms with van der Waals surface area (Å²) < 4.78 is 5.48. The second kappa shape index (κ2) is 8.60. The van der Waals surface area contributed by atoms with E-state index in [0.29, 0.717) is 25.2 Å². The molecule has 0 saturated carbocycles. The molecule has 0 radical (unpaired) electrons. The fourth-order valence-electron chi connectivity index (χ4n) is 5.04. The summed E-state index contributed by atoms with van der Waals surface area (Å²) in [5.74, 6) is 0.510. The normalized spacial score (nSPS) is 23.4. The van der Waals surface area contributed by atoms with Crippen LogP contribution in [0.25, 0.3) is 0 Å². The van der Waals surface area contributed by atoms with Gasteiger partial charge in [0.2, 0.25) is 0 Å². The number of fused-ring (bicyclic) bond motifs is 3. The zero-order valence-corrected chi connectivity index (χ0v) is 17.3. The lowest BCUT2D eigenvalue weighted by molar-refractivity contribution is 0.0497. The molecule has 3 aliphatic heterocycles. The minimum atomic E-state index is -0.283. The van der Waals surface area contributed by atoms with Gasteiger partial charge in [-0.25, -0.2) is 4.79 Å². The molecule has 4 rings (SSSR count). The molecule has 1 saturated heterocycles. The standard InChI is InChI=1S/C22H34N4O2/c1-3-4-5-6-11-23-22(27)28-16-25-12-10-19-18(15-25)17-8-7-9-20-21(17)26(19)14-13-24(20)2/h7-9,18-19H,3-6,10-16H2,1-2H3,(H,23,27). The SMILES string of the molecule is CCCCCCNC(=O)OCN1CCC2C(C1)c1cccc3c1N2CCN3C. The third-order valence-corrected chi connectivity index (χ3v) is 6.56. The molecule has 6 nitrogen and oxygen atoms in total. The molecule has 0 spiro atoms. The van der Waals surface area contributed by atoms with Gasteiger partial charge in [-0.1, -0.05) is 38.3 Å². The van der Waals surface area contributed by atoms with E-state index in [2.05, 4.69) is 52.2 Å². The van der Waals surface area contributed by atoms with Crippen LogP contribution in [-0.4, -0.2) is 63.5 Å². The van der Waals surface area contributed by atoms with Gasteiger partial charge in [0.1, 0.15) is 6.73 Å². The van der Waals surface area contributed by atoms with Crippen molar-refractivity contribution in [3.05, 3.63) is 23.8 Å². The summed E-state index contributed by atoms with van der Waals surface area (Å²) in [7, 11) is 2.19. The molecule has 6 heteroatoms. The van der Waals surface area contributed by atoms with Crippen molar-refractivity contribution in [2.24, 2.45) is 0 Å². The molecule has 154 valence electrons. The topological polar surface area (TPSA) is 48.1 Å². The molecule has 1 aromatic carbocycles. The summed E-state index contributed by atoms with van der Waals surface area (Å²) in [5.41, 5.74) is 4.28. The number of carbonyl (C=O) groups is 1. The Labute approximate surface area is 168 Å². The average molecular weight is 387 g/mol. The Kier molecular flexibility index (Phi) is 5.95. The zero-order valence-electron chi connectivity index (χ0n) is 17.3. The summed E-state index contributed by atoms with van der Waals surface area (Å²) in [6, 6.07) is 7.32. The first kappa shape index (κ1) is 19.4. The molecule has 1 fully saturated rings. The number of nitrogens with zero attached hydrogens (tertiary/aromatic N) is 3. The predicted molar refractivity (Wildman–Crippen MR) is 113 cm³/mol. The molecule has 0 aromatic heterocycles. The Morgan fingerprint density at radius 3 is 2.96 bits per heavy atom. The number of unbranched alkanes of at least 4 members (excludes halogenated alkanes) is 3. The van der Waals surface area contributed by atoms with E-state index in [1.807, 2.05) is 0 Å². The van der Waals surface area contributed by atoms with E-state index in [1.165, 1.54) is 36.2 Å². The van der Waals surface area contributed by atoms with Gasteiger partial charge in [-0.2, -0.15) is 0 Å². The number of hydrogen-bond donors (Lipinski definition) is 1. The number of para-hydroxylation sites is 1. The molecule has 28 heavy (non-hydrogen) atoms. The largest absolute Gasteiger partial charge is 0.433 e. The number of amides is 1. The van der Waals surface area contributed by atoms with Crippen LogP contribution in [0.3, 0.4) is 0 Å². The highest BCUT2D eigenvalue weighted by molar-refractivity contribution is 5.80. The minimum absolute atomic E-state index is 0.283. The number of rotatable bonds is 7. The van der Waals surface area contributed by atoms with Gasteiger partial charge >= 0.3 is 6.09 Å². The Hall–Kier alpha value is -1.95. The maximum absolute atomic E-state index is 12.0. The summed E-state index contributed by atoms with van der Waals surface area (Å²) in [6.45, 7) is 7.44. The number of likely N-dealkylation sites (tertiary alicyclic amines) is 1. The lowest BCUT2D eigenvalue weighted by Crippen LogP contribution is -2.49. The van der Waals surface area contributed by atoms with Crippen LogP contribution in [0.5, 0.6) is 0 Å². The van der Waals surface area contributed by atoms with Crippen molar-refractivity contribution >= 4 is 17.5 Å². The Morgan fingerprint density at radius 2 is 2.11 bits per heavy atom. The van der Waals surface area contributed by atoms with E-state index in [4.69, 9.17) is 4.74 Å². The Bertz CT molecular complexity index is 695. The van der Waals surface area contributed by atoms with E-state index < -0.39 is 0 Å². The van der Waals surface area contributed by atoms with Crippen molar-refractivity contribution in [1.29, 1.82) is 0 Å². The fourth-order valence-corrected chi connectivity index (χ4v) is 5.04. The Balaban J connectivity index is 1.31. The van der Waals surface area contributed by atoms with Gasteiger partial charge in [0.25, 0.3) is 0 Å². The van der Waals surface area contributed by atoms with E-state index >= 15 is 0 Å². The van der Waals surface area contributed by atoms with Gasteiger partial charge in [-0.3, -0.25) is 4.90 Å². The summed E-state index contributed by atoms with van der Waals surface area (Å²) in [4.78, 5) is 19.3. The van der Waals surface area contributed by atoms with E-state index in [-0.39, 0.29) is 6.09 Å². The number of carbonyl (C=O) groups excluding carboxylic acids is 1.